The number of piperidine rings is 1. The van der Waals surface area contributed by atoms with Crippen LogP contribution in [-0.4, -0.2) is 41.4 Å². The summed E-state index contributed by atoms with van der Waals surface area (Å²) in [5.74, 6) is 0. The van der Waals surface area contributed by atoms with Crippen LogP contribution in [-0.2, 0) is 0 Å². The molecule has 0 N–H and O–H groups in total. The topological polar surface area (TPSA) is 0 Å². The Bertz CT molecular complexity index is 134. The van der Waals surface area contributed by atoms with Gasteiger partial charge in [0, 0.05) is 10.2 Å². The average molecular weight is 183 g/mol. The summed E-state index contributed by atoms with van der Waals surface area (Å²) in [5, 5.41) is 0. The molecule has 0 aliphatic carbocycles. The number of quaternary nitrogens is 1. The Morgan fingerprint density at radius 1 is 1.33 bits per heavy atom. The van der Waals surface area contributed by atoms with Crippen molar-refractivity contribution in [2.24, 2.45) is 0 Å². The molecule has 0 spiro atoms. The van der Waals surface area contributed by atoms with E-state index < -0.39 is 0 Å². The zero-order chi connectivity index (χ0) is 9.03. The molecule has 1 fully saturated rings. The number of likely N-dealkylation sites (tertiary alicyclic amines) is 1. The lowest BCUT2D eigenvalue weighted by Crippen LogP contribution is -2.51. The molecule has 1 heterocycles. The van der Waals surface area contributed by atoms with Gasteiger partial charge in [-0.1, -0.05) is 12.5 Å². The highest BCUT2D eigenvalue weighted by Gasteiger charge is 2.30. The lowest BCUT2D eigenvalue weighted by Gasteiger charge is -2.41. The van der Waals surface area contributed by atoms with Gasteiger partial charge in [0.2, 0.25) is 0 Å². The number of hydrogen-bond donors (Lipinski definition) is 0. The largest absolute Gasteiger partial charge is 0.326 e. The van der Waals surface area contributed by atoms with Gasteiger partial charge in [0.05, 0.1) is 26.7 Å². The molecule has 1 rings (SSSR count). The van der Waals surface area contributed by atoms with Crippen LogP contribution in [0.3, 0.4) is 0 Å². The first-order chi connectivity index (χ1) is 5.67. The Hall–Kier alpha value is 0.177. The Morgan fingerprint density at radius 3 is 2.67 bits per heavy atom. The van der Waals surface area contributed by atoms with E-state index in [0.29, 0.717) is 0 Å². The summed E-state index contributed by atoms with van der Waals surface area (Å²) in [7, 11) is 8.32. The van der Waals surface area contributed by atoms with Crippen molar-refractivity contribution in [2.45, 2.75) is 44.2 Å². The third-order valence-electron chi connectivity index (χ3n) is 3.22. The smallest absolute Gasteiger partial charge is 0.0886 e. The first-order valence-electron chi connectivity index (χ1n) is 5.14. The highest BCUT2D eigenvalue weighted by Crippen LogP contribution is 2.25. The quantitative estimate of drug-likeness (QED) is 0.464. The fraction of sp³-hybridized carbons (Fsp3) is 1.00. The maximum absolute atomic E-state index is 3.55. The molecule has 12 heavy (non-hydrogen) atoms. The van der Waals surface area contributed by atoms with Crippen LogP contribution in [0.4, 0.5) is 0 Å². The highest BCUT2D eigenvalue weighted by molar-refractivity contribution is 6.08. The van der Waals surface area contributed by atoms with Gasteiger partial charge < -0.3 is 4.48 Å². The molecule has 1 nitrogen and oxygen atoms in total. The first-order valence-corrected chi connectivity index (χ1v) is 5.85. The third kappa shape index (κ3) is 2.59. The molecule has 0 aromatic carbocycles. The molecule has 3 radical (unpaired) electrons. The Labute approximate surface area is 80.2 Å². The van der Waals surface area contributed by atoms with E-state index in [2.05, 4.69) is 24.3 Å². The van der Waals surface area contributed by atoms with Gasteiger partial charge in [0.25, 0.3) is 0 Å². The van der Waals surface area contributed by atoms with E-state index in [1.807, 2.05) is 0 Å². The normalized spacial score (nSPS) is 28.8. The zero-order valence-corrected chi connectivity index (χ0v) is 9.47. The van der Waals surface area contributed by atoms with Gasteiger partial charge in [-0.3, -0.25) is 0 Å². The Morgan fingerprint density at radius 2 is 2.08 bits per heavy atom. The molecule has 0 bridgehead atoms. The van der Waals surface area contributed by atoms with E-state index in [9.17, 15) is 0 Å². The standard InChI is InChI=1S/C10H21NSi/c1-11(2)8-4-3-6-10(11)7-5-9-12/h10H,3-9H2,1-2H3/q+1. The molecule has 69 valence electrons. The Balaban J connectivity index is 2.37. The van der Waals surface area contributed by atoms with E-state index in [4.69, 9.17) is 0 Å². The van der Waals surface area contributed by atoms with Crippen LogP contribution in [0.1, 0.15) is 32.1 Å². The molecule has 0 aromatic heterocycles. The van der Waals surface area contributed by atoms with E-state index in [-0.39, 0.29) is 0 Å². The summed E-state index contributed by atoms with van der Waals surface area (Å²) in [6.07, 6.45) is 7.06. The maximum atomic E-state index is 3.55. The van der Waals surface area contributed by atoms with Crippen molar-refractivity contribution >= 4 is 10.2 Å². The van der Waals surface area contributed by atoms with Gasteiger partial charge in [0.15, 0.2) is 0 Å². The number of nitrogens with zero attached hydrogens (tertiary/aromatic N) is 1. The summed E-state index contributed by atoms with van der Waals surface area (Å²) >= 11 is 0. The number of hydrogen-bond acceptors (Lipinski definition) is 0. The third-order valence-corrected chi connectivity index (χ3v) is 3.58. The fourth-order valence-corrected chi connectivity index (χ4v) is 2.47. The van der Waals surface area contributed by atoms with Crippen molar-refractivity contribution in [1.82, 2.24) is 0 Å². The molecule has 1 aliphatic rings. The van der Waals surface area contributed by atoms with Crippen molar-refractivity contribution in [3.8, 4) is 0 Å². The van der Waals surface area contributed by atoms with Crippen LogP contribution in [0.15, 0.2) is 0 Å². The first kappa shape index (κ1) is 10.3. The van der Waals surface area contributed by atoms with Gasteiger partial charge in [-0.15, -0.1) is 0 Å². The van der Waals surface area contributed by atoms with Gasteiger partial charge in [0.1, 0.15) is 0 Å². The lowest BCUT2D eigenvalue weighted by atomic mass is 9.96. The second-order valence-corrected chi connectivity index (χ2v) is 5.04. The molecule has 0 saturated carbocycles. The Kier molecular flexibility index (Phi) is 3.78. The molecule has 1 atom stereocenters. The molecular formula is C10H21NSi+. The second-order valence-electron chi connectivity index (χ2n) is 4.54. The van der Waals surface area contributed by atoms with Crippen LogP contribution in [0.5, 0.6) is 0 Å². The van der Waals surface area contributed by atoms with Gasteiger partial charge >= 0.3 is 0 Å². The summed E-state index contributed by atoms with van der Waals surface area (Å²) < 4.78 is 1.26. The molecule has 0 aromatic rings. The minimum atomic E-state index is 0.926. The van der Waals surface area contributed by atoms with Crippen LogP contribution >= 0.6 is 0 Å². The van der Waals surface area contributed by atoms with E-state index >= 15 is 0 Å². The fourth-order valence-electron chi connectivity index (χ4n) is 2.26. The van der Waals surface area contributed by atoms with Crippen molar-refractivity contribution in [3.63, 3.8) is 0 Å². The predicted octanol–water partition coefficient (Wildman–Crippen LogP) is 1.98. The van der Waals surface area contributed by atoms with Crippen molar-refractivity contribution < 1.29 is 4.48 Å². The van der Waals surface area contributed by atoms with Gasteiger partial charge in [-0.25, -0.2) is 0 Å². The molecule has 2 heteroatoms. The second kappa shape index (κ2) is 4.42. The van der Waals surface area contributed by atoms with Crippen LogP contribution < -0.4 is 0 Å². The highest BCUT2D eigenvalue weighted by atomic mass is 28.1. The predicted molar refractivity (Wildman–Crippen MR) is 54.4 cm³/mol. The summed E-state index contributed by atoms with van der Waals surface area (Å²) in [6.45, 7) is 1.38. The molecular weight excluding hydrogens is 162 g/mol. The van der Waals surface area contributed by atoms with Crippen LogP contribution in [0.2, 0.25) is 6.04 Å². The lowest BCUT2D eigenvalue weighted by molar-refractivity contribution is -0.920. The van der Waals surface area contributed by atoms with Crippen LogP contribution in [0.25, 0.3) is 0 Å². The zero-order valence-electron chi connectivity index (χ0n) is 8.47. The van der Waals surface area contributed by atoms with Crippen molar-refractivity contribution in [1.29, 1.82) is 0 Å². The molecule has 1 saturated heterocycles. The summed E-state index contributed by atoms with van der Waals surface area (Å²) in [6, 6.07) is 2.09. The minimum Gasteiger partial charge on any atom is -0.326 e. The maximum Gasteiger partial charge on any atom is 0.0886 e. The molecule has 1 unspecified atom stereocenters. The minimum absolute atomic E-state index is 0.926. The summed E-state index contributed by atoms with van der Waals surface area (Å²) in [4.78, 5) is 0. The van der Waals surface area contributed by atoms with Crippen LogP contribution in [0, 0.1) is 0 Å². The van der Waals surface area contributed by atoms with Gasteiger partial charge in [-0.05, 0) is 25.7 Å². The average Bonchev–Trinajstić information content (AvgIpc) is 2.02. The van der Waals surface area contributed by atoms with Crippen molar-refractivity contribution in [3.05, 3.63) is 0 Å². The van der Waals surface area contributed by atoms with E-state index in [1.165, 1.54) is 43.1 Å². The monoisotopic (exact) mass is 183 g/mol. The van der Waals surface area contributed by atoms with Gasteiger partial charge in [-0.2, -0.15) is 0 Å². The van der Waals surface area contributed by atoms with E-state index in [1.54, 1.807) is 0 Å². The molecule has 1 aliphatic heterocycles. The van der Waals surface area contributed by atoms with Crippen molar-refractivity contribution in [2.75, 3.05) is 20.6 Å². The summed E-state index contributed by atoms with van der Waals surface area (Å²) in [5.41, 5.74) is 0. The number of rotatable bonds is 3. The van der Waals surface area contributed by atoms with E-state index in [0.717, 1.165) is 12.1 Å². The SMILES string of the molecule is C[N+]1(C)CCCCC1CCC[Si]. The molecule has 0 amide bonds.